The number of nitrogens with zero attached hydrogens (tertiary/aromatic N) is 2. The fraction of sp³-hybridized carbons (Fsp3) is 0.639. The van der Waals surface area contributed by atoms with Crippen molar-refractivity contribution in [1.82, 2.24) is 15.5 Å². The maximum atomic E-state index is 13.8. The number of rotatable bonds is 18. The van der Waals surface area contributed by atoms with Gasteiger partial charge in [-0.3, -0.25) is 10.3 Å². The molecule has 0 bridgehead atoms. The Kier molecular flexibility index (Phi) is 16.6. The maximum Gasteiger partial charge on any atom is 0.338 e. The molecule has 7 unspecified atom stereocenters. The lowest BCUT2D eigenvalue weighted by molar-refractivity contribution is -0.410. The molecular formula is C36H55N5O14. The highest BCUT2D eigenvalue weighted by Gasteiger charge is 2.57. The summed E-state index contributed by atoms with van der Waals surface area (Å²) in [5, 5.41) is 76.8. The molecule has 55 heavy (non-hydrogen) atoms. The fourth-order valence-electron chi connectivity index (χ4n) is 6.73. The largest absolute Gasteiger partial charge is 0.478 e. The summed E-state index contributed by atoms with van der Waals surface area (Å²) in [4.78, 5) is 32.1. The lowest BCUT2D eigenvalue weighted by Crippen LogP contribution is -2.69. The molecule has 19 heteroatoms. The number of nitrogens with one attached hydrogen (secondary N) is 2. The third-order valence-electron chi connectivity index (χ3n) is 9.62. The lowest BCUT2D eigenvalue weighted by Gasteiger charge is -2.47. The summed E-state index contributed by atoms with van der Waals surface area (Å²) in [6.45, 7) is 2.73. The minimum Gasteiger partial charge on any atom is -0.478 e. The van der Waals surface area contributed by atoms with Crippen molar-refractivity contribution < 1.29 is 69.0 Å². The van der Waals surface area contributed by atoms with Crippen LogP contribution >= 0.6 is 0 Å². The predicted octanol–water partition coefficient (Wildman–Crippen LogP) is -1.77. The number of guanidine groups is 1. The van der Waals surface area contributed by atoms with Gasteiger partial charge in [0.1, 0.15) is 18.3 Å². The van der Waals surface area contributed by atoms with Crippen molar-refractivity contribution in [2.24, 2.45) is 22.6 Å². The molecule has 2 fully saturated rings. The number of esters is 1. The molecule has 3 heterocycles. The molecule has 11 N–H and O–H groups in total. The zero-order chi connectivity index (χ0) is 40.1. The number of allylic oxidation sites excluding steroid dienone is 2. The third kappa shape index (κ3) is 11.1. The van der Waals surface area contributed by atoms with Crippen LogP contribution in [0, 0.1) is 11.8 Å². The van der Waals surface area contributed by atoms with E-state index < -0.39 is 67.1 Å². The van der Waals surface area contributed by atoms with Crippen molar-refractivity contribution in [2.75, 3.05) is 53.2 Å². The minimum absolute atomic E-state index is 0.0760. The molecule has 4 rings (SSSR count). The van der Waals surface area contributed by atoms with Gasteiger partial charge in [-0.1, -0.05) is 24.6 Å². The fourth-order valence-corrected chi connectivity index (χ4v) is 6.73. The average molecular weight is 782 g/mol. The first-order valence-corrected chi connectivity index (χ1v) is 18.3. The summed E-state index contributed by atoms with van der Waals surface area (Å²) in [6.07, 6.45) is 3.47. The quantitative estimate of drug-likeness (QED) is 0.0184. The second-order valence-electron chi connectivity index (χ2n) is 13.5. The van der Waals surface area contributed by atoms with Gasteiger partial charge in [0.15, 0.2) is 18.4 Å². The van der Waals surface area contributed by atoms with Crippen molar-refractivity contribution in [2.45, 2.75) is 81.3 Å². The van der Waals surface area contributed by atoms with Gasteiger partial charge in [0.05, 0.1) is 55.5 Å². The molecule has 4 aliphatic rings. The first-order chi connectivity index (χ1) is 26.4. The number of carbonyl (C=O) groups excluding carboxylic acids is 1. The smallest absolute Gasteiger partial charge is 0.338 e. The number of carboxylic acid groups (broad SMARTS) is 1. The number of hydrogen-bond acceptors (Lipinski definition) is 16. The lowest BCUT2D eigenvalue weighted by atomic mass is 9.83. The predicted molar refractivity (Wildman–Crippen MR) is 194 cm³/mol. The number of carboxylic acids is 1. The number of aliphatic imine (C=N–C) groups is 1. The van der Waals surface area contributed by atoms with Crippen molar-refractivity contribution in [3.8, 4) is 0 Å². The van der Waals surface area contributed by atoms with E-state index in [1.165, 1.54) is 13.1 Å². The van der Waals surface area contributed by atoms with Crippen LogP contribution in [0.3, 0.4) is 0 Å². The number of aliphatic hydroxyl groups excluding tert-OH is 4. The highest BCUT2D eigenvalue weighted by molar-refractivity contribution is 5.92. The molecule has 19 nitrogen and oxygen atoms in total. The van der Waals surface area contributed by atoms with Crippen molar-refractivity contribution >= 4 is 17.9 Å². The standard InChI is InChI=1S/C36H55N5O14/c1-3-23-24(11-10-21-16-41(13-15-43)17-25(31(46)47)28(21)40-35(37)39-12-7-14-42)26(32(48)53-22-8-5-4-6-9-22)19-51-33(23)55-34-30(52-20-38-2)36(49,50)29(45)27(18-44)54-34/h3,10-11,16,19,22-24,27,29-30,33-34,38,42-45,49-50H,1,4-9,12-15,17-18,20H2,2H3,(H,46,47)(H3,37,39,40). The van der Waals surface area contributed by atoms with E-state index in [0.29, 0.717) is 24.8 Å². The van der Waals surface area contributed by atoms with Gasteiger partial charge >= 0.3 is 11.9 Å². The number of ether oxygens (including phenoxy) is 5. The van der Waals surface area contributed by atoms with E-state index in [9.17, 15) is 40.2 Å². The van der Waals surface area contributed by atoms with Crippen LogP contribution in [0.4, 0.5) is 0 Å². The molecule has 0 aromatic heterocycles. The van der Waals surface area contributed by atoms with Crippen LogP contribution in [-0.2, 0) is 33.3 Å². The molecule has 0 amide bonds. The van der Waals surface area contributed by atoms with Gasteiger partial charge in [0.2, 0.25) is 12.1 Å². The molecule has 0 aromatic carbocycles. The Morgan fingerprint density at radius 1 is 1.16 bits per heavy atom. The van der Waals surface area contributed by atoms with Crippen LogP contribution < -0.4 is 16.4 Å². The Morgan fingerprint density at radius 3 is 2.55 bits per heavy atom. The van der Waals surface area contributed by atoms with Crippen molar-refractivity contribution in [1.29, 1.82) is 0 Å². The van der Waals surface area contributed by atoms with Gasteiger partial charge in [0, 0.05) is 37.4 Å². The first-order valence-electron chi connectivity index (χ1n) is 18.3. The summed E-state index contributed by atoms with van der Waals surface area (Å²) < 4.78 is 29.3. The number of β-amino-alcohol motifs (C(OH)–C–C–N with tert-alkyl or cyclic N) is 1. The van der Waals surface area contributed by atoms with Crippen LogP contribution in [0.25, 0.3) is 0 Å². The Bertz CT molecular complexity index is 1480. The topological polar surface area (TPSA) is 288 Å². The second kappa shape index (κ2) is 20.9. The van der Waals surface area contributed by atoms with E-state index in [4.69, 9.17) is 34.5 Å². The van der Waals surface area contributed by atoms with E-state index in [0.717, 1.165) is 25.5 Å². The number of nitrogens with two attached hydrogens (primary N) is 1. The van der Waals surface area contributed by atoms with Crippen molar-refractivity contribution in [3.63, 3.8) is 0 Å². The molecule has 7 atom stereocenters. The van der Waals surface area contributed by atoms with Gasteiger partial charge in [-0.2, -0.15) is 0 Å². The van der Waals surface area contributed by atoms with E-state index >= 15 is 0 Å². The van der Waals surface area contributed by atoms with Crippen molar-refractivity contribution in [3.05, 3.63) is 59.7 Å². The monoisotopic (exact) mass is 781 g/mol. The average Bonchev–Trinajstić information content (AvgIpc) is 3.16. The Balaban J connectivity index is 1.75. The number of hydrogen-bond donors (Lipinski definition) is 10. The summed E-state index contributed by atoms with van der Waals surface area (Å²) in [6, 6.07) is 0. The highest BCUT2D eigenvalue weighted by Crippen LogP contribution is 2.39. The van der Waals surface area contributed by atoms with E-state index in [1.54, 1.807) is 23.3 Å². The molecule has 1 aliphatic carbocycles. The molecule has 308 valence electrons. The van der Waals surface area contributed by atoms with Crippen LogP contribution in [-0.4, -0.2) is 155 Å². The first kappa shape index (κ1) is 43.8. The summed E-state index contributed by atoms with van der Waals surface area (Å²) in [5.74, 6) is -6.80. The molecule has 1 saturated heterocycles. The molecular weight excluding hydrogens is 726 g/mol. The van der Waals surface area contributed by atoms with Crippen LogP contribution in [0.1, 0.15) is 38.5 Å². The molecule has 0 radical (unpaired) electrons. The number of aliphatic carboxylic acids is 1. The maximum absolute atomic E-state index is 13.8. The van der Waals surface area contributed by atoms with E-state index in [2.05, 4.69) is 22.2 Å². The third-order valence-corrected chi connectivity index (χ3v) is 9.62. The molecule has 3 aliphatic heterocycles. The van der Waals surface area contributed by atoms with Gasteiger partial charge in [-0.25, -0.2) is 9.59 Å². The molecule has 0 aromatic rings. The summed E-state index contributed by atoms with van der Waals surface area (Å²) >= 11 is 0. The number of aliphatic hydroxyl groups is 6. The van der Waals surface area contributed by atoms with Crippen LogP contribution in [0.5, 0.6) is 0 Å². The van der Waals surface area contributed by atoms with Crippen LogP contribution in [0.2, 0.25) is 0 Å². The van der Waals surface area contributed by atoms with Gasteiger partial charge in [-0.15, -0.1) is 6.58 Å². The Labute approximate surface area is 319 Å². The van der Waals surface area contributed by atoms with E-state index in [-0.39, 0.29) is 68.5 Å². The zero-order valence-corrected chi connectivity index (χ0v) is 30.9. The SMILES string of the molecule is C=CC1C(OC2OC(CO)C(O)C(O)(O)C2OCNC)OC=C(C(=O)OC2CCCCC2)C1C=CC1=CN(CCO)CC(C(=O)O)=C1NC(N)=NCCCO. The molecule has 0 spiro atoms. The Hall–Kier alpha value is -3.89. The minimum atomic E-state index is -2.94. The second-order valence-corrected chi connectivity index (χ2v) is 13.5. The Morgan fingerprint density at radius 2 is 1.91 bits per heavy atom. The van der Waals surface area contributed by atoms with Gasteiger partial charge in [-0.05, 0) is 39.2 Å². The van der Waals surface area contributed by atoms with Crippen LogP contribution in [0.15, 0.2) is 64.7 Å². The zero-order valence-electron chi connectivity index (χ0n) is 30.9. The normalized spacial score (nSPS) is 29.0. The van der Waals surface area contributed by atoms with Gasteiger partial charge in [0.25, 0.3) is 0 Å². The summed E-state index contributed by atoms with van der Waals surface area (Å²) in [5.41, 5.74) is 6.50. The molecule has 1 saturated carbocycles. The van der Waals surface area contributed by atoms with E-state index in [1.807, 2.05) is 0 Å². The highest BCUT2D eigenvalue weighted by atomic mass is 16.8. The summed E-state index contributed by atoms with van der Waals surface area (Å²) in [7, 11) is 1.54. The number of carbonyl (C=O) groups is 2. The van der Waals surface area contributed by atoms with Gasteiger partial charge < -0.3 is 75.4 Å².